The van der Waals surface area contributed by atoms with Crippen LogP contribution in [0, 0.1) is 12.8 Å². The van der Waals surface area contributed by atoms with E-state index < -0.39 is 6.04 Å². The second kappa shape index (κ2) is 5.63. The van der Waals surface area contributed by atoms with Crippen LogP contribution in [0.4, 0.5) is 0 Å². The molecule has 2 aromatic rings. The van der Waals surface area contributed by atoms with E-state index in [0.29, 0.717) is 6.54 Å². The van der Waals surface area contributed by atoms with Gasteiger partial charge < -0.3 is 15.6 Å². The summed E-state index contributed by atoms with van der Waals surface area (Å²) in [5, 5.41) is 2.85. The predicted octanol–water partition coefficient (Wildman–Crippen LogP) is 1.48. The first kappa shape index (κ1) is 14.5. The van der Waals surface area contributed by atoms with Crippen molar-refractivity contribution in [2.75, 3.05) is 0 Å². The lowest BCUT2D eigenvalue weighted by molar-refractivity contribution is -0.123. The minimum atomic E-state index is -0.480. The maximum Gasteiger partial charge on any atom is 0.237 e. The fourth-order valence-corrected chi connectivity index (χ4v) is 2.26. The lowest BCUT2D eigenvalue weighted by Gasteiger charge is -2.15. The fourth-order valence-electron chi connectivity index (χ4n) is 2.26. The molecule has 1 aromatic heterocycles. The number of hydrogen-bond acceptors (Lipinski definition) is 3. The van der Waals surface area contributed by atoms with E-state index in [2.05, 4.69) is 23.3 Å². The summed E-state index contributed by atoms with van der Waals surface area (Å²) in [6.07, 6.45) is 0. The van der Waals surface area contributed by atoms with Crippen LogP contribution in [-0.2, 0) is 18.4 Å². The summed E-state index contributed by atoms with van der Waals surface area (Å²) in [7, 11) is 1.96. The Morgan fingerprint density at radius 1 is 1.45 bits per heavy atom. The zero-order valence-electron chi connectivity index (χ0n) is 12.5. The van der Waals surface area contributed by atoms with E-state index in [0.717, 1.165) is 16.9 Å². The van der Waals surface area contributed by atoms with Gasteiger partial charge in [-0.1, -0.05) is 26.0 Å². The highest BCUT2D eigenvalue weighted by molar-refractivity contribution is 5.82. The SMILES string of the molecule is Cc1cccc2nc(CNC(=O)[C@@H](N)C(C)C)n(C)c12. The lowest BCUT2D eigenvalue weighted by atomic mass is 10.1. The van der Waals surface area contributed by atoms with Crippen LogP contribution >= 0.6 is 0 Å². The van der Waals surface area contributed by atoms with Crippen molar-refractivity contribution in [3.63, 3.8) is 0 Å². The van der Waals surface area contributed by atoms with Gasteiger partial charge in [-0.2, -0.15) is 0 Å². The summed E-state index contributed by atoms with van der Waals surface area (Å²) in [6.45, 7) is 6.32. The third-order valence-electron chi connectivity index (χ3n) is 3.63. The maximum absolute atomic E-state index is 11.9. The number of nitrogens with one attached hydrogen (secondary N) is 1. The van der Waals surface area contributed by atoms with E-state index >= 15 is 0 Å². The molecule has 0 saturated carbocycles. The van der Waals surface area contributed by atoms with Crippen LogP contribution < -0.4 is 11.1 Å². The van der Waals surface area contributed by atoms with Crippen molar-refractivity contribution in [1.29, 1.82) is 0 Å². The second-order valence-corrected chi connectivity index (χ2v) is 5.52. The topological polar surface area (TPSA) is 72.9 Å². The van der Waals surface area contributed by atoms with Crippen LogP contribution in [-0.4, -0.2) is 21.5 Å². The molecular formula is C15H22N4O. The molecule has 0 bridgehead atoms. The summed E-state index contributed by atoms with van der Waals surface area (Å²) < 4.78 is 2.02. The molecule has 3 N–H and O–H groups in total. The van der Waals surface area contributed by atoms with Gasteiger partial charge in [-0.05, 0) is 24.5 Å². The molecule has 0 spiro atoms. The zero-order valence-corrected chi connectivity index (χ0v) is 12.5. The molecular weight excluding hydrogens is 252 g/mol. The Balaban J connectivity index is 2.17. The van der Waals surface area contributed by atoms with Crippen molar-refractivity contribution in [1.82, 2.24) is 14.9 Å². The van der Waals surface area contributed by atoms with E-state index in [4.69, 9.17) is 5.73 Å². The molecule has 0 aliphatic carbocycles. The highest BCUT2D eigenvalue weighted by atomic mass is 16.2. The molecule has 108 valence electrons. The molecule has 1 amide bonds. The van der Waals surface area contributed by atoms with Gasteiger partial charge in [0.25, 0.3) is 0 Å². The monoisotopic (exact) mass is 274 g/mol. The molecule has 0 unspecified atom stereocenters. The van der Waals surface area contributed by atoms with Gasteiger partial charge in [0.2, 0.25) is 5.91 Å². The van der Waals surface area contributed by atoms with Crippen molar-refractivity contribution in [3.05, 3.63) is 29.6 Å². The standard InChI is InChI=1S/C15H22N4O/c1-9(2)13(16)15(20)17-8-12-18-11-7-5-6-10(3)14(11)19(12)4/h5-7,9,13H,8,16H2,1-4H3,(H,17,20)/t13-/m0/s1. The van der Waals surface area contributed by atoms with Gasteiger partial charge >= 0.3 is 0 Å². The molecule has 0 radical (unpaired) electrons. The Labute approximate surface area is 119 Å². The number of aryl methyl sites for hydroxylation is 2. The Morgan fingerprint density at radius 3 is 2.75 bits per heavy atom. The molecule has 0 aliphatic rings. The van der Waals surface area contributed by atoms with Crippen LogP contribution in [0.1, 0.15) is 25.2 Å². The van der Waals surface area contributed by atoms with Crippen LogP contribution in [0.2, 0.25) is 0 Å². The number of hydrogen-bond donors (Lipinski definition) is 2. The highest BCUT2D eigenvalue weighted by Crippen LogP contribution is 2.18. The van der Waals surface area contributed by atoms with Crippen molar-refractivity contribution in [2.45, 2.75) is 33.4 Å². The van der Waals surface area contributed by atoms with E-state index in [-0.39, 0.29) is 11.8 Å². The molecule has 0 saturated heterocycles. The molecule has 5 nitrogen and oxygen atoms in total. The van der Waals surface area contributed by atoms with Crippen LogP contribution in [0.15, 0.2) is 18.2 Å². The number of benzene rings is 1. The third-order valence-corrected chi connectivity index (χ3v) is 3.63. The van der Waals surface area contributed by atoms with Gasteiger partial charge in [0.1, 0.15) is 5.82 Å². The van der Waals surface area contributed by atoms with Gasteiger partial charge in [0, 0.05) is 7.05 Å². The molecule has 2 rings (SSSR count). The molecule has 1 atom stereocenters. The average Bonchev–Trinajstić information content (AvgIpc) is 2.73. The third kappa shape index (κ3) is 2.67. The number of carbonyl (C=O) groups is 1. The van der Waals surface area contributed by atoms with Crippen molar-refractivity contribution < 1.29 is 4.79 Å². The van der Waals surface area contributed by atoms with Crippen LogP contribution in [0.3, 0.4) is 0 Å². The average molecular weight is 274 g/mol. The summed E-state index contributed by atoms with van der Waals surface area (Å²) in [5.74, 6) is 0.820. The van der Waals surface area contributed by atoms with Crippen molar-refractivity contribution in [2.24, 2.45) is 18.7 Å². The largest absolute Gasteiger partial charge is 0.348 e. The second-order valence-electron chi connectivity index (χ2n) is 5.52. The van der Waals surface area contributed by atoms with E-state index in [1.807, 2.05) is 37.6 Å². The Hall–Kier alpha value is -1.88. The smallest absolute Gasteiger partial charge is 0.237 e. The van der Waals surface area contributed by atoms with Gasteiger partial charge in [0.15, 0.2) is 0 Å². The zero-order chi connectivity index (χ0) is 14.9. The molecule has 1 heterocycles. The number of imidazole rings is 1. The van der Waals surface area contributed by atoms with Crippen molar-refractivity contribution in [3.8, 4) is 0 Å². The normalized spacial score (nSPS) is 12.9. The first-order valence-corrected chi connectivity index (χ1v) is 6.86. The Bertz CT molecular complexity index is 630. The molecule has 5 heteroatoms. The summed E-state index contributed by atoms with van der Waals surface area (Å²) in [4.78, 5) is 16.4. The van der Waals surface area contributed by atoms with Crippen LogP contribution in [0.5, 0.6) is 0 Å². The number of amides is 1. The number of fused-ring (bicyclic) bond motifs is 1. The first-order valence-electron chi connectivity index (χ1n) is 6.86. The number of rotatable bonds is 4. The van der Waals surface area contributed by atoms with Gasteiger partial charge in [0.05, 0.1) is 23.6 Å². The number of nitrogens with two attached hydrogens (primary N) is 1. The Morgan fingerprint density at radius 2 is 2.15 bits per heavy atom. The molecule has 20 heavy (non-hydrogen) atoms. The van der Waals surface area contributed by atoms with Gasteiger partial charge in [-0.15, -0.1) is 0 Å². The molecule has 1 aromatic carbocycles. The Kier molecular flexibility index (Phi) is 4.09. The number of nitrogens with zero attached hydrogens (tertiary/aromatic N) is 2. The maximum atomic E-state index is 11.9. The molecule has 0 fully saturated rings. The number of para-hydroxylation sites is 1. The minimum Gasteiger partial charge on any atom is -0.348 e. The summed E-state index contributed by atoms with van der Waals surface area (Å²) in [5.41, 5.74) is 9.05. The predicted molar refractivity (Wildman–Crippen MR) is 80.1 cm³/mol. The van der Waals surface area contributed by atoms with E-state index in [1.54, 1.807) is 0 Å². The fraction of sp³-hybridized carbons (Fsp3) is 0.467. The van der Waals surface area contributed by atoms with E-state index in [1.165, 1.54) is 5.56 Å². The lowest BCUT2D eigenvalue weighted by Crippen LogP contribution is -2.43. The first-order chi connectivity index (χ1) is 9.41. The number of aromatic nitrogens is 2. The minimum absolute atomic E-state index is 0.123. The highest BCUT2D eigenvalue weighted by Gasteiger charge is 2.17. The van der Waals surface area contributed by atoms with Gasteiger partial charge in [-0.3, -0.25) is 4.79 Å². The number of carbonyl (C=O) groups excluding carboxylic acids is 1. The quantitative estimate of drug-likeness (QED) is 0.887. The summed E-state index contributed by atoms with van der Waals surface area (Å²) >= 11 is 0. The van der Waals surface area contributed by atoms with Crippen LogP contribution in [0.25, 0.3) is 11.0 Å². The van der Waals surface area contributed by atoms with E-state index in [9.17, 15) is 4.79 Å². The van der Waals surface area contributed by atoms with Gasteiger partial charge in [-0.25, -0.2) is 4.98 Å². The molecule has 0 aliphatic heterocycles. The summed E-state index contributed by atoms with van der Waals surface area (Å²) in [6, 6.07) is 5.54. The van der Waals surface area contributed by atoms with Crippen molar-refractivity contribution >= 4 is 16.9 Å².